The van der Waals surface area contributed by atoms with Crippen LogP contribution >= 0.6 is 0 Å². The molecule has 0 saturated carbocycles. The Morgan fingerprint density at radius 1 is 1.09 bits per heavy atom. The van der Waals surface area contributed by atoms with Crippen molar-refractivity contribution in [1.82, 2.24) is 10.2 Å². The van der Waals surface area contributed by atoms with Gasteiger partial charge in [-0.1, -0.05) is 43.2 Å². The number of hydrogen-bond donors (Lipinski definition) is 2. The van der Waals surface area contributed by atoms with Crippen molar-refractivity contribution in [3.63, 3.8) is 0 Å². The number of nitrogens with zero attached hydrogens (tertiary/aromatic N) is 1. The Labute approximate surface area is 187 Å². The van der Waals surface area contributed by atoms with E-state index in [0.717, 1.165) is 44.8 Å². The topological polar surface area (TPSA) is 92.0 Å². The van der Waals surface area contributed by atoms with Gasteiger partial charge in [0.15, 0.2) is 11.2 Å². The molecule has 0 aliphatic carbocycles. The van der Waals surface area contributed by atoms with E-state index in [0.29, 0.717) is 12.3 Å². The smallest absolute Gasteiger partial charge is 0.287 e. The normalized spacial score (nSPS) is 11.1. The molecule has 0 bridgehead atoms. The van der Waals surface area contributed by atoms with E-state index < -0.39 is 11.3 Å². The highest BCUT2D eigenvalue weighted by atomic mass is 16.5. The van der Waals surface area contributed by atoms with Gasteiger partial charge in [-0.3, -0.25) is 9.59 Å². The van der Waals surface area contributed by atoms with Gasteiger partial charge in [-0.15, -0.1) is 0 Å². The minimum atomic E-state index is -0.476. The summed E-state index contributed by atoms with van der Waals surface area (Å²) in [5.74, 6) is -0.439. The number of rotatable bonds is 11. The van der Waals surface area contributed by atoms with Crippen LogP contribution in [0.5, 0.6) is 11.5 Å². The van der Waals surface area contributed by atoms with Gasteiger partial charge in [-0.25, -0.2) is 0 Å². The second kappa shape index (κ2) is 11.3. The van der Waals surface area contributed by atoms with Crippen LogP contribution in [0.25, 0.3) is 11.0 Å². The molecule has 170 valence electrons. The Balaban J connectivity index is 1.40. The maximum atomic E-state index is 12.4. The molecule has 2 N–H and O–H groups in total. The van der Waals surface area contributed by atoms with Crippen molar-refractivity contribution in [2.75, 3.05) is 27.2 Å². The third kappa shape index (κ3) is 6.34. The number of ether oxygens (including phenoxy) is 1. The van der Waals surface area contributed by atoms with Crippen LogP contribution in [0.15, 0.2) is 57.7 Å². The van der Waals surface area contributed by atoms with E-state index in [2.05, 4.69) is 41.5 Å². The van der Waals surface area contributed by atoms with Crippen molar-refractivity contribution in [3.8, 4) is 11.5 Å². The lowest BCUT2D eigenvalue weighted by Gasteiger charge is -2.16. The first-order valence-corrected chi connectivity index (χ1v) is 10.8. The molecule has 0 aliphatic rings. The van der Waals surface area contributed by atoms with Gasteiger partial charge in [-0.05, 0) is 32.0 Å². The molecule has 0 radical (unpaired) electrons. The third-order valence-corrected chi connectivity index (χ3v) is 5.29. The maximum Gasteiger partial charge on any atom is 0.287 e. The summed E-state index contributed by atoms with van der Waals surface area (Å²) in [5.41, 5.74) is 0.946. The quantitative estimate of drug-likeness (QED) is 0.441. The number of methoxy groups -OCH3 is 1. The first kappa shape index (κ1) is 23.3. The summed E-state index contributed by atoms with van der Waals surface area (Å²) in [4.78, 5) is 27.0. The lowest BCUT2D eigenvalue weighted by atomic mass is 10.1. The number of phenolic OH excluding ortho intramolecular Hbond substituents is 1. The second-order valence-electron chi connectivity index (χ2n) is 7.89. The minimum absolute atomic E-state index is 0.0274. The first-order valence-electron chi connectivity index (χ1n) is 10.8. The molecule has 1 amide bonds. The summed E-state index contributed by atoms with van der Waals surface area (Å²) in [7, 11) is 3.57. The van der Waals surface area contributed by atoms with Crippen LogP contribution in [0.2, 0.25) is 0 Å². The zero-order valence-electron chi connectivity index (χ0n) is 18.6. The minimum Gasteiger partial charge on any atom is -0.507 e. The van der Waals surface area contributed by atoms with Crippen LogP contribution in [-0.2, 0) is 6.54 Å². The van der Waals surface area contributed by atoms with Gasteiger partial charge in [0.1, 0.15) is 22.5 Å². The Hall–Kier alpha value is -3.32. The molecule has 7 heteroatoms. The number of hydrogen-bond acceptors (Lipinski definition) is 6. The molecule has 0 saturated heterocycles. The number of fused-ring (bicyclic) bond motifs is 1. The van der Waals surface area contributed by atoms with Crippen LogP contribution in [0, 0.1) is 0 Å². The summed E-state index contributed by atoms with van der Waals surface area (Å²) in [6, 6.07) is 14.3. The Kier molecular flexibility index (Phi) is 8.27. The van der Waals surface area contributed by atoms with Crippen molar-refractivity contribution in [3.05, 3.63) is 70.1 Å². The van der Waals surface area contributed by atoms with Crippen molar-refractivity contribution in [2.45, 2.75) is 32.2 Å². The lowest BCUT2D eigenvalue weighted by Crippen LogP contribution is -2.25. The highest BCUT2D eigenvalue weighted by Crippen LogP contribution is 2.28. The molecule has 32 heavy (non-hydrogen) atoms. The highest BCUT2D eigenvalue weighted by Gasteiger charge is 2.15. The van der Waals surface area contributed by atoms with E-state index >= 15 is 0 Å². The van der Waals surface area contributed by atoms with E-state index in [1.807, 2.05) is 6.07 Å². The summed E-state index contributed by atoms with van der Waals surface area (Å²) in [5, 5.41) is 12.8. The number of amides is 1. The summed E-state index contributed by atoms with van der Waals surface area (Å²) >= 11 is 0. The number of carbonyl (C=O) groups excluding carboxylic acids is 1. The van der Waals surface area contributed by atoms with Gasteiger partial charge in [0, 0.05) is 31.3 Å². The number of benzene rings is 2. The van der Waals surface area contributed by atoms with Crippen molar-refractivity contribution in [2.24, 2.45) is 0 Å². The summed E-state index contributed by atoms with van der Waals surface area (Å²) in [6.07, 6.45) is 4.04. The van der Waals surface area contributed by atoms with Gasteiger partial charge >= 0.3 is 0 Å². The van der Waals surface area contributed by atoms with E-state index in [1.165, 1.54) is 24.8 Å². The summed E-state index contributed by atoms with van der Waals surface area (Å²) in [6.45, 7) is 2.47. The molecule has 0 atom stereocenters. The van der Waals surface area contributed by atoms with Gasteiger partial charge in [0.2, 0.25) is 0 Å². The molecule has 2 aromatic carbocycles. The number of unbranched alkanes of at least 4 members (excludes halogenated alkanes) is 3. The SMILES string of the molecule is COc1cc(O)c2c(=O)cc(C(=O)NCCCCCCN(C)Cc3ccccc3)oc2c1. The average Bonchev–Trinajstić information content (AvgIpc) is 2.78. The molecule has 0 spiro atoms. The molecule has 0 fully saturated rings. The predicted octanol–water partition coefficient (Wildman–Crippen LogP) is 3.93. The number of aromatic hydroxyl groups is 1. The molecule has 3 aromatic rings. The molecule has 0 unspecified atom stereocenters. The zero-order chi connectivity index (χ0) is 22.9. The van der Waals surface area contributed by atoms with Crippen molar-refractivity contribution >= 4 is 16.9 Å². The second-order valence-corrected chi connectivity index (χ2v) is 7.89. The zero-order valence-corrected chi connectivity index (χ0v) is 18.6. The van der Waals surface area contributed by atoms with E-state index in [4.69, 9.17) is 9.15 Å². The van der Waals surface area contributed by atoms with Crippen molar-refractivity contribution < 1.29 is 19.1 Å². The van der Waals surface area contributed by atoms with E-state index in [9.17, 15) is 14.7 Å². The number of nitrogens with one attached hydrogen (secondary N) is 1. The fraction of sp³-hybridized carbons (Fsp3) is 0.360. The fourth-order valence-corrected chi connectivity index (χ4v) is 3.60. The van der Waals surface area contributed by atoms with Gasteiger partial charge in [0.25, 0.3) is 5.91 Å². The molecule has 1 heterocycles. The van der Waals surface area contributed by atoms with E-state index in [1.54, 1.807) is 0 Å². The largest absolute Gasteiger partial charge is 0.507 e. The molecule has 0 aliphatic heterocycles. The molecule has 7 nitrogen and oxygen atoms in total. The van der Waals surface area contributed by atoms with Crippen LogP contribution in [0.3, 0.4) is 0 Å². The fourth-order valence-electron chi connectivity index (χ4n) is 3.60. The number of phenols is 1. The summed E-state index contributed by atoms with van der Waals surface area (Å²) < 4.78 is 10.6. The van der Waals surface area contributed by atoms with Crippen molar-refractivity contribution in [1.29, 1.82) is 0 Å². The predicted molar refractivity (Wildman–Crippen MR) is 124 cm³/mol. The monoisotopic (exact) mass is 438 g/mol. The maximum absolute atomic E-state index is 12.4. The van der Waals surface area contributed by atoms with Crippen LogP contribution in [-0.4, -0.2) is 43.2 Å². The lowest BCUT2D eigenvalue weighted by molar-refractivity contribution is 0.0925. The highest BCUT2D eigenvalue weighted by molar-refractivity contribution is 5.94. The van der Waals surface area contributed by atoms with E-state index in [-0.39, 0.29) is 22.5 Å². The van der Waals surface area contributed by atoms with Gasteiger partial charge in [-0.2, -0.15) is 0 Å². The van der Waals surface area contributed by atoms with Gasteiger partial charge in [0.05, 0.1) is 7.11 Å². The first-order chi connectivity index (χ1) is 15.5. The molecular weight excluding hydrogens is 408 g/mol. The Bertz CT molecular complexity index is 1090. The Morgan fingerprint density at radius 3 is 2.59 bits per heavy atom. The van der Waals surface area contributed by atoms with Crippen LogP contribution < -0.4 is 15.5 Å². The van der Waals surface area contributed by atoms with Crippen LogP contribution in [0.4, 0.5) is 0 Å². The standard InChI is InChI=1S/C25H30N2O5/c1-27(17-18-10-6-5-7-11-18)13-9-4-3-8-12-26-25(30)23-16-21(29)24-20(28)14-19(31-2)15-22(24)32-23/h5-7,10-11,14-16,28H,3-4,8-9,12-13,17H2,1-2H3,(H,26,30). The third-order valence-electron chi connectivity index (χ3n) is 5.29. The molecule has 1 aromatic heterocycles. The molecular formula is C25H30N2O5. The number of carbonyl (C=O) groups is 1. The molecule has 3 rings (SSSR count). The Morgan fingerprint density at radius 2 is 1.84 bits per heavy atom. The van der Waals surface area contributed by atoms with Gasteiger partial charge < -0.3 is 24.5 Å². The average molecular weight is 439 g/mol. The van der Waals surface area contributed by atoms with Crippen LogP contribution in [0.1, 0.15) is 41.8 Å².